The van der Waals surface area contributed by atoms with Gasteiger partial charge in [0.15, 0.2) is 0 Å². The Labute approximate surface area is 169 Å². The van der Waals surface area contributed by atoms with E-state index in [2.05, 4.69) is 5.32 Å². The van der Waals surface area contributed by atoms with Crippen LogP contribution in [0.1, 0.15) is 25.8 Å². The minimum Gasteiger partial charge on any atom is -0.480 e. The smallest absolute Gasteiger partial charge is 0.323 e. The molecule has 8 heteroatoms. The molecule has 1 saturated heterocycles. The Kier molecular flexibility index (Phi) is 8.32. The van der Waals surface area contributed by atoms with Crippen molar-refractivity contribution in [2.45, 2.75) is 44.8 Å². The number of carboxylic acids is 2. The Bertz CT molecular complexity index is 682. The maximum absolute atomic E-state index is 13.0. The van der Waals surface area contributed by atoms with Gasteiger partial charge in [0.05, 0.1) is 6.04 Å². The summed E-state index contributed by atoms with van der Waals surface area (Å²) in [6, 6.07) is 7.80. The standard InChI is InChI=1S/C20H28N2O5S/c1-13(2)17-12-28-11-16(19(25)22(17)10-18(23)24)21-15(20(26)27)9-8-14-6-4-3-5-7-14/h3-7,13,15-17,21H,8-12H2,1-2H3,(H,23,24)(H,26,27)/t15-,16-,17-/m0/s1. The largest absolute Gasteiger partial charge is 0.480 e. The number of amides is 1. The number of carbonyl (C=O) groups is 3. The van der Waals surface area contributed by atoms with Crippen LogP contribution in [-0.4, -0.2) is 69.1 Å². The van der Waals surface area contributed by atoms with Crippen molar-refractivity contribution in [3.05, 3.63) is 35.9 Å². The number of benzene rings is 1. The van der Waals surface area contributed by atoms with Crippen LogP contribution in [0.2, 0.25) is 0 Å². The molecule has 2 rings (SSSR count). The first-order chi connectivity index (χ1) is 13.3. The van der Waals surface area contributed by atoms with Gasteiger partial charge in [-0.2, -0.15) is 11.8 Å². The molecule has 1 heterocycles. The molecule has 1 aromatic carbocycles. The highest BCUT2D eigenvalue weighted by molar-refractivity contribution is 7.99. The van der Waals surface area contributed by atoms with E-state index >= 15 is 0 Å². The predicted octanol–water partition coefficient (Wildman–Crippen LogP) is 1.72. The van der Waals surface area contributed by atoms with E-state index in [1.165, 1.54) is 4.90 Å². The van der Waals surface area contributed by atoms with Gasteiger partial charge in [0.1, 0.15) is 12.6 Å². The van der Waals surface area contributed by atoms with Gasteiger partial charge in [0, 0.05) is 17.5 Å². The molecule has 3 atom stereocenters. The van der Waals surface area contributed by atoms with Crippen molar-refractivity contribution in [1.82, 2.24) is 10.2 Å². The highest BCUT2D eigenvalue weighted by Gasteiger charge is 2.37. The van der Waals surface area contributed by atoms with Gasteiger partial charge in [-0.15, -0.1) is 0 Å². The molecule has 1 aromatic rings. The van der Waals surface area contributed by atoms with Gasteiger partial charge in [-0.25, -0.2) is 0 Å². The maximum Gasteiger partial charge on any atom is 0.323 e. The Morgan fingerprint density at radius 1 is 1.21 bits per heavy atom. The average Bonchev–Trinajstić information content (AvgIpc) is 2.79. The molecule has 0 spiro atoms. The third kappa shape index (κ3) is 6.24. The van der Waals surface area contributed by atoms with Gasteiger partial charge >= 0.3 is 11.9 Å². The fourth-order valence-corrected chi connectivity index (χ4v) is 4.74. The molecule has 154 valence electrons. The number of hydrogen-bond donors (Lipinski definition) is 3. The van der Waals surface area contributed by atoms with Gasteiger partial charge < -0.3 is 15.1 Å². The highest BCUT2D eigenvalue weighted by atomic mass is 32.2. The third-order valence-electron chi connectivity index (χ3n) is 4.89. The minimum absolute atomic E-state index is 0.114. The monoisotopic (exact) mass is 408 g/mol. The number of nitrogens with zero attached hydrogens (tertiary/aromatic N) is 1. The van der Waals surface area contributed by atoms with Crippen LogP contribution >= 0.6 is 11.8 Å². The molecule has 0 aromatic heterocycles. The number of nitrogens with one attached hydrogen (secondary N) is 1. The molecule has 0 unspecified atom stereocenters. The van der Waals surface area contributed by atoms with Gasteiger partial charge in [-0.05, 0) is 24.3 Å². The molecule has 1 aliphatic rings. The zero-order chi connectivity index (χ0) is 20.7. The molecule has 0 radical (unpaired) electrons. The van der Waals surface area contributed by atoms with Crippen molar-refractivity contribution in [2.24, 2.45) is 5.92 Å². The molecule has 0 aliphatic carbocycles. The second kappa shape index (κ2) is 10.5. The van der Waals surface area contributed by atoms with E-state index in [4.69, 9.17) is 0 Å². The molecule has 0 bridgehead atoms. The molecule has 7 nitrogen and oxygen atoms in total. The van der Waals surface area contributed by atoms with Crippen LogP contribution in [0.4, 0.5) is 0 Å². The van der Waals surface area contributed by atoms with Crippen LogP contribution < -0.4 is 5.32 Å². The molecular formula is C20H28N2O5S. The second-order valence-corrected chi connectivity index (χ2v) is 8.42. The number of aryl methyl sites for hydroxylation is 1. The Balaban J connectivity index is 2.10. The summed E-state index contributed by atoms with van der Waals surface area (Å²) in [6.07, 6.45) is 0.923. The zero-order valence-electron chi connectivity index (χ0n) is 16.2. The summed E-state index contributed by atoms with van der Waals surface area (Å²) in [5.41, 5.74) is 1.03. The molecule has 1 aliphatic heterocycles. The lowest BCUT2D eigenvalue weighted by Crippen LogP contribution is -2.56. The number of aliphatic carboxylic acids is 2. The van der Waals surface area contributed by atoms with Crippen LogP contribution in [0.25, 0.3) is 0 Å². The molecule has 3 N–H and O–H groups in total. The van der Waals surface area contributed by atoms with Crippen LogP contribution in [-0.2, 0) is 20.8 Å². The molecule has 0 saturated carbocycles. The summed E-state index contributed by atoms with van der Waals surface area (Å²) in [4.78, 5) is 37.4. The first-order valence-electron chi connectivity index (χ1n) is 9.42. The normalized spacial score (nSPS) is 21.4. The average molecular weight is 409 g/mol. The first kappa shape index (κ1) is 22.2. The van der Waals surface area contributed by atoms with Gasteiger partial charge in [-0.3, -0.25) is 19.7 Å². The van der Waals surface area contributed by atoms with Crippen molar-refractivity contribution < 1.29 is 24.6 Å². The molecular weight excluding hydrogens is 380 g/mol. The summed E-state index contributed by atoms with van der Waals surface area (Å²) in [6.45, 7) is 3.55. The van der Waals surface area contributed by atoms with Crippen molar-refractivity contribution >= 4 is 29.6 Å². The fourth-order valence-electron chi connectivity index (χ4n) is 3.32. The topological polar surface area (TPSA) is 107 Å². The Hall–Kier alpha value is -2.06. The van der Waals surface area contributed by atoms with Crippen molar-refractivity contribution in [2.75, 3.05) is 18.1 Å². The van der Waals surface area contributed by atoms with Crippen molar-refractivity contribution in [3.8, 4) is 0 Å². The quantitative estimate of drug-likeness (QED) is 0.571. The number of carboxylic acid groups (broad SMARTS) is 2. The van der Waals surface area contributed by atoms with E-state index in [1.807, 2.05) is 44.2 Å². The summed E-state index contributed by atoms with van der Waals surface area (Å²) in [7, 11) is 0. The van der Waals surface area contributed by atoms with E-state index in [9.17, 15) is 24.6 Å². The first-order valence-corrected chi connectivity index (χ1v) is 10.6. The molecule has 1 amide bonds. The number of carbonyl (C=O) groups excluding carboxylic acids is 1. The number of hydrogen-bond acceptors (Lipinski definition) is 5. The van der Waals surface area contributed by atoms with Gasteiger partial charge in [0.2, 0.25) is 5.91 Å². The van der Waals surface area contributed by atoms with Crippen LogP contribution in [0.15, 0.2) is 30.3 Å². The van der Waals surface area contributed by atoms with Crippen molar-refractivity contribution in [1.29, 1.82) is 0 Å². The predicted molar refractivity (Wildman–Crippen MR) is 108 cm³/mol. The fraction of sp³-hybridized carbons (Fsp3) is 0.550. The van der Waals surface area contributed by atoms with E-state index < -0.39 is 24.0 Å². The number of rotatable bonds is 9. The van der Waals surface area contributed by atoms with Gasteiger partial charge in [-0.1, -0.05) is 44.2 Å². The lowest BCUT2D eigenvalue weighted by atomic mass is 10.0. The minimum atomic E-state index is -1.07. The van der Waals surface area contributed by atoms with E-state index in [0.29, 0.717) is 24.3 Å². The maximum atomic E-state index is 13.0. The Morgan fingerprint density at radius 2 is 1.89 bits per heavy atom. The summed E-state index contributed by atoms with van der Waals surface area (Å²) in [5, 5.41) is 21.8. The molecule has 1 fully saturated rings. The molecule has 28 heavy (non-hydrogen) atoms. The highest BCUT2D eigenvalue weighted by Crippen LogP contribution is 2.23. The van der Waals surface area contributed by atoms with E-state index in [-0.39, 0.29) is 24.4 Å². The summed E-state index contributed by atoms with van der Waals surface area (Å²) in [5.74, 6) is -1.24. The van der Waals surface area contributed by atoms with E-state index in [1.54, 1.807) is 11.8 Å². The Morgan fingerprint density at radius 3 is 2.46 bits per heavy atom. The lowest BCUT2D eigenvalue weighted by molar-refractivity contribution is -0.148. The zero-order valence-corrected chi connectivity index (χ0v) is 17.0. The van der Waals surface area contributed by atoms with E-state index in [0.717, 1.165) is 5.56 Å². The van der Waals surface area contributed by atoms with Gasteiger partial charge in [0.25, 0.3) is 0 Å². The van der Waals surface area contributed by atoms with Crippen LogP contribution in [0, 0.1) is 5.92 Å². The van der Waals surface area contributed by atoms with Crippen LogP contribution in [0.3, 0.4) is 0 Å². The summed E-state index contributed by atoms with van der Waals surface area (Å²) < 4.78 is 0. The lowest BCUT2D eigenvalue weighted by Gasteiger charge is -2.33. The summed E-state index contributed by atoms with van der Waals surface area (Å²) >= 11 is 1.55. The van der Waals surface area contributed by atoms with Crippen LogP contribution in [0.5, 0.6) is 0 Å². The SMILES string of the molecule is CC(C)[C@@H]1CSC[C@H](N[C@@H](CCc2ccccc2)C(=O)O)C(=O)N1CC(=O)O. The second-order valence-electron chi connectivity index (χ2n) is 7.34. The third-order valence-corrected chi connectivity index (χ3v) is 6.04. The van der Waals surface area contributed by atoms with Crippen molar-refractivity contribution in [3.63, 3.8) is 0 Å². The number of thioether (sulfide) groups is 1.